The van der Waals surface area contributed by atoms with Gasteiger partial charge in [0.2, 0.25) is 0 Å². The highest BCUT2D eigenvalue weighted by Gasteiger charge is 2.24. The Balaban J connectivity index is 1.12. The van der Waals surface area contributed by atoms with Crippen LogP contribution in [0.1, 0.15) is 0 Å². The van der Waals surface area contributed by atoms with E-state index in [1.54, 1.807) is 0 Å². The van der Waals surface area contributed by atoms with Gasteiger partial charge in [-0.15, -0.1) is 0 Å². The minimum absolute atomic E-state index is 0.804. The highest BCUT2D eigenvalue weighted by Crippen LogP contribution is 2.47. The third kappa shape index (κ3) is 6.63. The molecule has 0 saturated heterocycles. The van der Waals surface area contributed by atoms with Gasteiger partial charge in [0.25, 0.3) is 0 Å². The summed E-state index contributed by atoms with van der Waals surface area (Å²) < 4.78 is 9.52. The number of fused-ring (bicyclic) bond motifs is 7. The van der Waals surface area contributed by atoms with Gasteiger partial charge in [0.15, 0.2) is 0 Å². The van der Waals surface area contributed by atoms with Crippen molar-refractivity contribution in [2.75, 3.05) is 0 Å². The quantitative estimate of drug-likeness (QED) is 0.152. The van der Waals surface area contributed by atoms with E-state index in [9.17, 15) is 0 Å². The summed E-state index contributed by atoms with van der Waals surface area (Å²) in [6.07, 6.45) is 2.07. The second-order valence-electron chi connectivity index (χ2n) is 17.4. The predicted molar refractivity (Wildman–Crippen MR) is 284 cm³/mol. The van der Waals surface area contributed by atoms with Crippen LogP contribution in [-0.4, -0.2) is 9.55 Å². The van der Waals surface area contributed by atoms with Gasteiger partial charge in [-0.25, -0.2) is 0 Å². The molecular weight excluding hydrogens is 825 g/mol. The standard InChI is InChI=1S/C65H42N2O/c1-6-20-43(21-7-1)47-38-48(44-22-8-2-9-23-44)40-49(39-47)58-41-50(61-52(45-24-10-3-11-25-45)31-18-32-53(61)46-26-12-4-13-27-46)42-66-63(58)57-34-19-33-56-62-60(68-65(56)57)37-36-55-54-30-16-17-35-59(54)67(64(55)62)51-28-14-5-15-29-51/h1-42H. The Morgan fingerprint density at radius 1 is 0.338 bits per heavy atom. The summed E-state index contributed by atoms with van der Waals surface area (Å²) in [4.78, 5) is 5.59. The lowest BCUT2D eigenvalue weighted by Gasteiger charge is -2.19. The first-order valence-electron chi connectivity index (χ1n) is 23.2. The summed E-state index contributed by atoms with van der Waals surface area (Å²) in [5.41, 5.74) is 20.2. The van der Waals surface area contributed by atoms with Crippen LogP contribution in [0, 0.1) is 0 Å². The summed E-state index contributed by atoms with van der Waals surface area (Å²) in [7, 11) is 0. The molecule has 0 saturated carbocycles. The van der Waals surface area contributed by atoms with E-state index in [1.807, 2.05) is 0 Å². The average molecular weight is 867 g/mol. The Bertz CT molecular complexity index is 3870. The number of hydrogen-bond donors (Lipinski definition) is 0. The lowest BCUT2D eigenvalue weighted by molar-refractivity contribution is 0.670. The van der Waals surface area contributed by atoms with Crippen LogP contribution in [0.3, 0.4) is 0 Å². The molecule has 13 aromatic rings. The molecule has 3 nitrogen and oxygen atoms in total. The van der Waals surface area contributed by atoms with Gasteiger partial charge in [-0.3, -0.25) is 4.98 Å². The maximum absolute atomic E-state index is 7.13. The zero-order chi connectivity index (χ0) is 45.0. The van der Waals surface area contributed by atoms with E-state index in [-0.39, 0.29) is 0 Å². The van der Waals surface area contributed by atoms with Crippen molar-refractivity contribution in [3.8, 4) is 83.7 Å². The van der Waals surface area contributed by atoms with Crippen molar-refractivity contribution in [1.82, 2.24) is 9.55 Å². The molecule has 0 N–H and O–H groups in total. The number of nitrogens with zero attached hydrogens (tertiary/aromatic N) is 2. The van der Waals surface area contributed by atoms with E-state index in [0.29, 0.717) is 0 Å². The van der Waals surface area contributed by atoms with Crippen molar-refractivity contribution in [2.45, 2.75) is 0 Å². The van der Waals surface area contributed by atoms with Gasteiger partial charge in [-0.2, -0.15) is 0 Å². The Kier molecular flexibility index (Phi) is 9.50. The molecule has 3 aromatic heterocycles. The first-order valence-corrected chi connectivity index (χ1v) is 23.2. The number of aromatic nitrogens is 2. The molecule has 10 aromatic carbocycles. The van der Waals surface area contributed by atoms with Crippen LogP contribution in [-0.2, 0) is 0 Å². The SMILES string of the molecule is c1ccc(-c2cc(-c3ccccc3)cc(-c3cc(-c4c(-c5ccccc5)cccc4-c4ccccc4)cnc3-c3cccc4c3oc3ccc5c6ccccc6n(-c6ccccc6)c5c34)c2)cc1. The molecular formula is C65H42N2O. The molecule has 3 heterocycles. The largest absolute Gasteiger partial charge is 0.455 e. The second-order valence-corrected chi connectivity index (χ2v) is 17.4. The number of furan rings is 1. The van der Waals surface area contributed by atoms with Crippen LogP contribution < -0.4 is 0 Å². The summed E-state index contributed by atoms with van der Waals surface area (Å²) >= 11 is 0. The molecule has 0 radical (unpaired) electrons. The third-order valence-electron chi connectivity index (χ3n) is 13.4. The molecule has 68 heavy (non-hydrogen) atoms. The smallest absolute Gasteiger partial charge is 0.144 e. The van der Waals surface area contributed by atoms with E-state index in [1.165, 1.54) is 10.8 Å². The molecule has 318 valence electrons. The number of pyridine rings is 1. The lowest BCUT2D eigenvalue weighted by atomic mass is 9.86. The van der Waals surface area contributed by atoms with Gasteiger partial charge in [-0.1, -0.05) is 188 Å². The molecule has 0 unspecified atom stereocenters. The molecule has 0 atom stereocenters. The number of rotatable bonds is 8. The molecule has 0 bridgehead atoms. The van der Waals surface area contributed by atoms with Crippen LogP contribution in [0.2, 0.25) is 0 Å². The third-order valence-corrected chi connectivity index (χ3v) is 13.4. The van der Waals surface area contributed by atoms with Crippen molar-refractivity contribution in [3.63, 3.8) is 0 Å². The Labute approximate surface area is 394 Å². The summed E-state index contributed by atoms with van der Waals surface area (Å²) in [5, 5.41) is 4.52. The number of para-hydroxylation sites is 3. The van der Waals surface area contributed by atoms with Crippen LogP contribution in [0.15, 0.2) is 259 Å². The lowest BCUT2D eigenvalue weighted by Crippen LogP contribution is -1.96. The number of hydrogen-bond acceptors (Lipinski definition) is 2. The van der Waals surface area contributed by atoms with E-state index >= 15 is 0 Å². The van der Waals surface area contributed by atoms with E-state index in [4.69, 9.17) is 9.40 Å². The molecule has 0 amide bonds. The minimum Gasteiger partial charge on any atom is -0.455 e. The van der Waals surface area contributed by atoms with Gasteiger partial charge in [0.05, 0.1) is 22.1 Å². The predicted octanol–water partition coefficient (Wildman–Crippen LogP) is 17.7. The molecule has 0 aliphatic heterocycles. The zero-order valence-electron chi connectivity index (χ0n) is 37.1. The highest BCUT2D eigenvalue weighted by atomic mass is 16.3. The molecule has 0 spiro atoms. The normalized spacial score (nSPS) is 11.5. The Morgan fingerprint density at radius 3 is 1.49 bits per heavy atom. The van der Waals surface area contributed by atoms with Crippen molar-refractivity contribution in [1.29, 1.82) is 0 Å². The Hall–Kier alpha value is -9.05. The Morgan fingerprint density at radius 2 is 0.853 bits per heavy atom. The summed E-state index contributed by atoms with van der Waals surface area (Å²) in [5.74, 6) is 0. The fraction of sp³-hybridized carbons (Fsp3) is 0. The van der Waals surface area contributed by atoms with Crippen molar-refractivity contribution in [3.05, 3.63) is 255 Å². The van der Waals surface area contributed by atoms with E-state index in [2.05, 4.69) is 259 Å². The van der Waals surface area contributed by atoms with Crippen LogP contribution in [0.4, 0.5) is 0 Å². The monoisotopic (exact) mass is 866 g/mol. The topological polar surface area (TPSA) is 31.0 Å². The first kappa shape index (κ1) is 39.3. The first-order chi connectivity index (χ1) is 33.7. The van der Waals surface area contributed by atoms with E-state index in [0.717, 1.165) is 117 Å². The van der Waals surface area contributed by atoms with E-state index < -0.39 is 0 Å². The van der Waals surface area contributed by atoms with Crippen LogP contribution in [0.5, 0.6) is 0 Å². The van der Waals surface area contributed by atoms with Crippen molar-refractivity contribution in [2.24, 2.45) is 0 Å². The maximum Gasteiger partial charge on any atom is 0.144 e. The summed E-state index contributed by atoms with van der Waals surface area (Å²) in [6, 6.07) is 89.0. The second kappa shape index (κ2) is 16.4. The molecule has 3 heteroatoms. The molecule has 0 fully saturated rings. The van der Waals surface area contributed by atoms with Crippen molar-refractivity contribution >= 4 is 43.7 Å². The maximum atomic E-state index is 7.13. The van der Waals surface area contributed by atoms with Crippen LogP contribution >= 0.6 is 0 Å². The zero-order valence-corrected chi connectivity index (χ0v) is 37.1. The van der Waals surface area contributed by atoms with Crippen LogP contribution in [0.25, 0.3) is 127 Å². The van der Waals surface area contributed by atoms with Gasteiger partial charge in [-0.05, 0) is 116 Å². The van der Waals surface area contributed by atoms with Gasteiger partial charge in [0.1, 0.15) is 11.2 Å². The summed E-state index contributed by atoms with van der Waals surface area (Å²) in [6.45, 7) is 0. The van der Waals surface area contributed by atoms with Crippen molar-refractivity contribution < 1.29 is 4.42 Å². The molecule has 0 aliphatic rings. The molecule has 0 aliphatic carbocycles. The fourth-order valence-corrected chi connectivity index (χ4v) is 10.4. The number of benzene rings is 10. The highest BCUT2D eigenvalue weighted by molar-refractivity contribution is 6.25. The van der Waals surface area contributed by atoms with Gasteiger partial charge < -0.3 is 8.98 Å². The van der Waals surface area contributed by atoms with Gasteiger partial charge >= 0.3 is 0 Å². The average Bonchev–Trinajstić information content (AvgIpc) is 3.98. The minimum atomic E-state index is 0.804. The van der Waals surface area contributed by atoms with Gasteiger partial charge in [0, 0.05) is 44.7 Å². The fourth-order valence-electron chi connectivity index (χ4n) is 10.4. The molecule has 13 rings (SSSR count).